The van der Waals surface area contributed by atoms with E-state index in [1.54, 1.807) is 40.0 Å². The normalized spacial score (nSPS) is 11.0. The van der Waals surface area contributed by atoms with E-state index in [2.05, 4.69) is 15.1 Å². The SMILES string of the molecule is Cc1nc2c(c[nH][n+]2-c2ccccc2)c(=O)n1-c1ccncc1. The second-order valence-corrected chi connectivity index (χ2v) is 5.19. The number of benzene rings is 1. The molecule has 0 spiro atoms. The Morgan fingerprint density at radius 1 is 1.09 bits per heavy atom. The smallest absolute Gasteiger partial charge is 0.268 e. The minimum absolute atomic E-state index is 0.107. The average molecular weight is 304 g/mol. The first-order chi connectivity index (χ1) is 11.3. The third kappa shape index (κ3) is 2.12. The topological polar surface area (TPSA) is 67.5 Å². The van der Waals surface area contributed by atoms with E-state index in [1.165, 1.54) is 0 Å². The number of nitrogens with one attached hydrogen (secondary N) is 1. The van der Waals surface area contributed by atoms with Gasteiger partial charge in [0.25, 0.3) is 5.56 Å². The summed E-state index contributed by atoms with van der Waals surface area (Å²) < 4.78 is 3.40. The fourth-order valence-electron chi connectivity index (χ4n) is 2.68. The minimum Gasteiger partial charge on any atom is -0.268 e. The Balaban J connectivity index is 2.00. The van der Waals surface area contributed by atoms with Crippen molar-refractivity contribution in [2.24, 2.45) is 0 Å². The number of rotatable bonds is 2. The zero-order valence-electron chi connectivity index (χ0n) is 12.5. The fourth-order valence-corrected chi connectivity index (χ4v) is 2.68. The van der Waals surface area contributed by atoms with Crippen LogP contribution in [0.4, 0.5) is 0 Å². The summed E-state index contributed by atoms with van der Waals surface area (Å²) in [7, 11) is 0. The number of aryl methyl sites for hydroxylation is 1. The predicted molar refractivity (Wildman–Crippen MR) is 85.8 cm³/mol. The quantitative estimate of drug-likeness (QED) is 0.573. The highest BCUT2D eigenvalue weighted by Crippen LogP contribution is 2.10. The van der Waals surface area contributed by atoms with Gasteiger partial charge in [-0.1, -0.05) is 18.2 Å². The highest BCUT2D eigenvalue weighted by molar-refractivity contribution is 5.70. The first kappa shape index (κ1) is 13.4. The van der Waals surface area contributed by atoms with Gasteiger partial charge in [-0.05, 0) is 29.2 Å². The lowest BCUT2D eigenvalue weighted by Crippen LogP contribution is -2.35. The summed E-state index contributed by atoms with van der Waals surface area (Å²) in [6.07, 6.45) is 5.01. The summed E-state index contributed by atoms with van der Waals surface area (Å²) >= 11 is 0. The van der Waals surface area contributed by atoms with E-state index in [0.29, 0.717) is 16.9 Å². The highest BCUT2D eigenvalue weighted by atomic mass is 16.1. The van der Waals surface area contributed by atoms with Gasteiger partial charge in [-0.15, -0.1) is 4.68 Å². The number of aromatic amines is 1. The van der Waals surface area contributed by atoms with Crippen molar-refractivity contribution in [3.05, 3.63) is 77.2 Å². The van der Waals surface area contributed by atoms with E-state index in [0.717, 1.165) is 11.4 Å². The van der Waals surface area contributed by atoms with Crippen molar-refractivity contribution in [3.63, 3.8) is 0 Å². The van der Waals surface area contributed by atoms with Gasteiger partial charge in [0.2, 0.25) is 5.82 Å². The Bertz CT molecular complexity index is 1040. The number of H-pyrrole nitrogens is 1. The van der Waals surface area contributed by atoms with Crippen LogP contribution in [-0.4, -0.2) is 19.6 Å². The van der Waals surface area contributed by atoms with Crippen LogP contribution in [0, 0.1) is 6.92 Å². The van der Waals surface area contributed by atoms with E-state index >= 15 is 0 Å². The third-order valence-electron chi connectivity index (χ3n) is 3.75. The number of hydrogen-bond acceptors (Lipinski definition) is 3. The lowest BCUT2D eigenvalue weighted by Gasteiger charge is -2.04. The molecule has 1 aromatic carbocycles. The van der Waals surface area contributed by atoms with Crippen LogP contribution in [0.1, 0.15) is 5.82 Å². The average Bonchev–Trinajstić information content (AvgIpc) is 3.00. The van der Waals surface area contributed by atoms with Gasteiger partial charge in [-0.3, -0.25) is 9.78 Å². The van der Waals surface area contributed by atoms with Crippen molar-refractivity contribution in [2.45, 2.75) is 6.92 Å². The molecule has 6 heteroatoms. The van der Waals surface area contributed by atoms with Crippen LogP contribution in [-0.2, 0) is 0 Å². The molecule has 4 aromatic rings. The van der Waals surface area contributed by atoms with Crippen molar-refractivity contribution in [1.29, 1.82) is 0 Å². The summed E-state index contributed by atoms with van der Waals surface area (Å²) in [4.78, 5) is 21.5. The molecule has 3 aromatic heterocycles. The maximum Gasteiger partial charge on any atom is 0.363 e. The summed E-state index contributed by atoms with van der Waals surface area (Å²) in [5, 5.41) is 3.64. The number of para-hydroxylation sites is 1. The van der Waals surface area contributed by atoms with Crippen molar-refractivity contribution >= 4 is 11.0 Å². The summed E-state index contributed by atoms with van der Waals surface area (Å²) in [5.74, 6) is 0.623. The third-order valence-corrected chi connectivity index (χ3v) is 3.75. The van der Waals surface area contributed by atoms with Gasteiger partial charge in [0.05, 0.1) is 11.9 Å². The number of nitrogens with zero attached hydrogens (tertiary/aromatic N) is 4. The van der Waals surface area contributed by atoms with Gasteiger partial charge in [0.15, 0.2) is 11.1 Å². The Morgan fingerprint density at radius 2 is 1.83 bits per heavy atom. The first-order valence-electron chi connectivity index (χ1n) is 7.24. The van der Waals surface area contributed by atoms with Gasteiger partial charge in [-0.2, -0.15) is 0 Å². The molecule has 0 radical (unpaired) electrons. The molecule has 4 rings (SSSR count). The maximum atomic E-state index is 12.9. The Hall–Kier alpha value is -3.28. The standard InChI is InChI=1S/C17H13N5O/c1-12-20-16-15(11-19-22(16)14-5-3-2-4-6-14)17(23)21(12)13-7-9-18-10-8-13/h2-11H,1H3/p+1. The molecule has 0 saturated heterocycles. The molecule has 0 atom stereocenters. The van der Waals surface area contributed by atoms with Crippen molar-refractivity contribution in [2.75, 3.05) is 0 Å². The molecule has 0 amide bonds. The number of pyridine rings is 1. The van der Waals surface area contributed by atoms with E-state index in [-0.39, 0.29) is 5.56 Å². The lowest BCUT2D eigenvalue weighted by molar-refractivity contribution is -0.631. The lowest BCUT2D eigenvalue weighted by atomic mass is 10.3. The van der Waals surface area contributed by atoms with Gasteiger partial charge >= 0.3 is 5.65 Å². The van der Waals surface area contributed by atoms with Crippen molar-refractivity contribution in [3.8, 4) is 11.4 Å². The van der Waals surface area contributed by atoms with Gasteiger partial charge in [0, 0.05) is 19.3 Å². The monoisotopic (exact) mass is 304 g/mol. The van der Waals surface area contributed by atoms with E-state index in [4.69, 9.17) is 0 Å². The Labute approximate surface area is 131 Å². The second kappa shape index (κ2) is 5.17. The number of aromatic nitrogens is 5. The summed E-state index contributed by atoms with van der Waals surface area (Å²) in [6, 6.07) is 13.3. The summed E-state index contributed by atoms with van der Waals surface area (Å²) in [6.45, 7) is 1.82. The van der Waals surface area contributed by atoms with E-state index < -0.39 is 0 Å². The Morgan fingerprint density at radius 3 is 2.57 bits per heavy atom. The molecule has 1 N–H and O–H groups in total. The summed E-state index contributed by atoms with van der Waals surface area (Å²) in [5.41, 5.74) is 2.19. The number of fused-ring (bicyclic) bond motifs is 1. The molecule has 0 aliphatic carbocycles. The number of hydrogen-bond donors (Lipinski definition) is 1. The molecule has 0 unspecified atom stereocenters. The fraction of sp³-hybridized carbons (Fsp3) is 0.0588. The minimum atomic E-state index is -0.107. The largest absolute Gasteiger partial charge is 0.363 e. The van der Waals surface area contributed by atoms with Gasteiger partial charge < -0.3 is 0 Å². The molecule has 6 nitrogen and oxygen atoms in total. The van der Waals surface area contributed by atoms with Crippen LogP contribution >= 0.6 is 0 Å². The molecule has 0 fully saturated rings. The van der Waals surface area contributed by atoms with Crippen LogP contribution in [0.5, 0.6) is 0 Å². The molecule has 0 aliphatic heterocycles. The molecule has 0 bridgehead atoms. The first-order valence-corrected chi connectivity index (χ1v) is 7.24. The van der Waals surface area contributed by atoms with Crippen molar-refractivity contribution in [1.82, 2.24) is 19.6 Å². The molecule has 3 heterocycles. The maximum absolute atomic E-state index is 12.9. The highest BCUT2D eigenvalue weighted by Gasteiger charge is 2.22. The molecule has 0 aliphatic rings. The zero-order valence-corrected chi connectivity index (χ0v) is 12.5. The van der Waals surface area contributed by atoms with Crippen LogP contribution < -0.4 is 10.2 Å². The molecular weight excluding hydrogens is 290 g/mol. The Kier molecular flexibility index (Phi) is 3.01. The molecule has 23 heavy (non-hydrogen) atoms. The second-order valence-electron chi connectivity index (χ2n) is 5.19. The van der Waals surface area contributed by atoms with Crippen LogP contribution in [0.3, 0.4) is 0 Å². The van der Waals surface area contributed by atoms with Gasteiger partial charge in [-0.25, -0.2) is 9.67 Å². The molecule has 0 saturated carbocycles. The molecule has 112 valence electrons. The van der Waals surface area contributed by atoms with Crippen LogP contribution in [0.15, 0.2) is 65.8 Å². The molecular formula is C17H14N5O+. The van der Waals surface area contributed by atoms with Gasteiger partial charge in [0.1, 0.15) is 0 Å². The van der Waals surface area contributed by atoms with E-state index in [9.17, 15) is 4.79 Å². The van der Waals surface area contributed by atoms with Crippen LogP contribution in [0.25, 0.3) is 22.4 Å². The predicted octanol–water partition coefficient (Wildman–Crippen LogP) is 1.69. The van der Waals surface area contributed by atoms with Crippen molar-refractivity contribution < 1.29 is 4.68 Å². The van der Waals surface area contributed by atoms with E-state index in [1.807, 2.05) is 37.3 Å². The zero-order chi connectivity index (χ0) is 15.8. The van der Waals surface area contributed by atoms with Crippen LogP contribution in [0.2, 0.25) is 0 Å².